The summed E-state index contributed by atoms with van der Waals surface area (Å²) in [6.07, 6.45) is 4.90. The molecule has 0 radical (unpaired) electrons. The Kier molecular flexibility index (Phi) is 7.57. The molecule has 2 aromatic carbocycles. The van der Waals surface area contributed by atoms with Crippen LogP contribution >= 0.6 is 0 Å². The summed E-state index contributed by atoms with van der Waals surface area (Å²) in [5, 5.41) is 11.5. The van der Waals surface area contributed by atoms with Crippen LogP contribution in [0, 0.1) is 6.92 Å². The molecular formula is C29H28N2O6. The van der Waals surface area contributed by atoms with Crippen molar-refractivity contribution < 1.29 is 28.9 Å². The number of carbonyl (C=O) groups is 2. The number of Topliss-reactive ketones (excluding diaryl/α,β-unsaturated/α-hetero) is 1. The zero-order chi connectivity index (χ0) is 26.5. The Morgan fingerprint density at radius 1 is 1.11 bits per heavy atom. The number of likely N-dealkylation sites (tertiary alicyclic amines) is 1. The summed E-state index contributed by atoms with van der Waals surface area (Å²) in [4.78, 5) is 32.2. The third-order valence-corrected chi connectivity index (χ3v) is 6.16. The van der Waals surface area contributed by atoms with Crippen LogP contribution in [-0.2, 0) is 16.1 Å². The van der Waals surface area contributed by atoms with Gasteiger partial charge in [-0.25, -0.2) is 0 Å². The minimum atomic E-state index is -0.865. The molecule has 0 bridgehead atoms. The van der Waals surface area contributed by atoms with E-state index in [4.69, 9.17) is 14.2 Å². The quantitative estimate of drug-likeness (QED) is 0.199. The van der Waals surface area contributed by atoms with Crippen molar-refractivity contribution in [3.63, 3.8) is 0 Å². The van der Waals surface area contributed by atoms with Gasteiger partial charge in [-0.3, -0.25) is 14.6 Å². The molecule has 8 heteroatoms. The Bertz CT molecular complexity index is 1370. The van der Waals surface area contributed by atoms with Gasteiger partial charge in [-0.15, -0.1) is 0 Å². The van der Waals surface area contributed by atoms with E-state index in [1.165, 1.54) is 19.1 Å². The van der Waals surface area contributed by atoms with Crippen LogP contribution in [-0.4, -0.2) is 47.5 Å². The van der Waals surface area contributed by atoms with Crippen molar-refractivity contribution in [2.24, 2.45) is 0 Å². The summed E-state index contributed by atoms with van der Waals surface area (Å²) in [5.74, 6) is -0.211. The monoisotopic (exact) mass is 500 g/mol. The molecule has 1 N–H and O–H groups in total. The zero-order valence-corrected chi connectivity index (χ0v) is 20.9. The molecule has 0 aliphatic carbocycles. The molecule has 4 rings (SSSR count). The Morgan fingerprint density at radius 2 is 1.89 bits per heavy atom. The molecule has 1 aromatic heterocycles. The molecule has 1 aliphatic heterocycles. The molecule has 190 valence electrons. The number of methoxy groups -OCH3 is 2. The largest absolute Gasteiger partial charge is 0.507 e. The van der Waals surface area contributed by atoms with Crippen molar-refractivity contribution in [1.82, 2.24) is 9.88 Å². The van der Waals surface area contributed by atoms with Gasteiger partial charge in [0.05, 0.1) is 25.8 Å². The van der Waals surface area contributed by atoms with E-state index in [1.54, 1.807) is 67.9 Å². The standard InChI is InChI=1S/C29H28N2O6/c1-5-13-37-21-9-10-22(18(2)14-21)27(32)25-26(20-8-11-23(35-3)24(15-20)36-4)31(29(34)28(25)33)17-19-7-6-12-30-16-19/h5-12,14-16,26,32H,1,13,17H2,2-4H3/b27-25+. The van der Waals surface area contributed by atoms with Gasteiger partial charge in [0, 0.05) is 24.5 Å². The summed E-state index contributed by atoms with van der Waals surface area (Å²) in [6, 6.07) is 13.0. The fourth-order valence-electron chi connectivity index (χ4n) is 4.39. The molecule has 1 amide bonds. The summed E-state index contributed by atoms with van der Waals surface area (Å²) in [7, 11) is 3.03. The molecule has 8 nitrogen and oxygen atoms in total. The van der Waals surface area contributed by atoms with Gasteiger partial charge in [0.25, 0.3) is 11.7 Å². The Labute approximate surface area is 215 Å². The van der Waals surface area contributed by atoms with Crippen molar-refractivity contribution in [1.29, 1.82) is 0 Å². The SMILES string of the molecule is C=CCOc1ccc(/C(O)=C2\C(=O)C(=O)N(Cc3cccnc3)C2c2ccc(OC)c(OC)c2)c(C)c1. The van der Waals surface area contributed by atoms with Crippen molar-refractivity contribution in [2.45, 2.75) is 19.5 Å². The first-order chi connectivity index (χ1) is 17.9. The molecule has 1 unspecified atom stereocenters. The van der Waals surface area contributed by atoms with Gasteiger partial charge in [-0.05, 0) is 60.0 Å². The van der Waals surface area contributed by atoms with E-state index >= 15 is 0 Å². The van der Waals surface area contributed by atoms with E-state index in [0.717, 1.165) is 5.56 Å². The predicted molar refractivity (Wildman–Crippen MR) is 139 cm³/mol. The summed E-state index contributed by atoms with van der Waals surface area (Å²) in [6.45, 7) is 5.90. The first-order valence-corrected chi connectivity index (χ1v) is 11.6. The van der Waals surface area contributed by atoms with Gasteiger partial charge >= 0.3 is 0 Å². The fraction of sp³-hybridized carbons (Fsp3) is 0.207. The molecule has 0 saturated carbocycles. The number of aliphatic hydroxyl groups is 1. The lowest BCUT2D eigenvalue weighted by Crippen LogP contribution is -2.29. The van der Waals surface area contributed by atoms with Crippen molar-refractivity contribution in [2.75, 3.05) is 20.8 Å². The maximum atomic E-state index is 13.4. The number of nitrogens with zero attached hydrogens (tertiary/aromatic N) is 2. The number of aliphatic hydroxyl groups excluding tert-OH is 1. The number of ketones is 1. The van der Waals surface area contributed by atoms with E-state index in [0.29, 0.717) is 40.5 Å². The minimum Gasteiger partial charge on any atom is -0.507 e. The number of pyridine rings is 1. The smallest absolute Gasteiger partial charge is 0.295 e. The number of benzene rings is 2. The van der Waals surface area contributed by atoms with Gasteiger partial charge in [0.2, 0.25) is 0 Å². The van der Waals surface area contributed by atoms with E-state index in [9.17, 15) is 14.7 Å². The molecule has 37 heavy (non-hydrogen) atoms. The highest BCUT2D eigenvalue weighted by atomic mass is 16.5. The van der Waals surface area contributed by atoms with Crippen LogP contribution < -0.4 is 14.2 Å². The third-order valence-electron chi connectivity index (χ3n) is 6.16. The number of rotatable bonds is 9. The first kappa shape index (κ1) is 25.5. The number of ether oxygens (including phenoxy) is 3. The van der Waals surface area contributed by atoms with Gasteiger partial charge in [0.1, 0.15) is 18.1 Å². The second kappa shape index (κ2) is 11.0. The summed E-state index contributed by atoms with van der Waals surface area (Å²) in [5.41, 5.74) is 2.43. The molecular weight excluding hydrogens is 472 g/mol. The van der Waals surface area contributed by atoms with E-state index in [-0.39, 0.29) is 17.9 Å². The summed E-state index contributed by atoms with van der Waals surface area (Å²) < 4.78 is 16.4. The van der Waals surface area contributed by atoms with Crippen molar-refractivity contribution >= 4 is 17.4 Å². The molecule has 1 aliphatic rings. The normalized spacial score (nSPS) is 16.5. The van der Waals surface area contributed by atoms with Crippen LogP contribution in [0.15, 0.2) is 79.2 Å². The first-order valence-electron chi connectivity index (χ1n) is 11.6. The Morgan fingerprint density at radius 3 is 2.54 bits per heavy atom. The van der Waals surface area contributed by atoms with E-state index < -0.39 is 17.7 Å². The average molecular weight is 501 g/mol. The van der Waals surface area contributed by atoms with Gasteiger partial charge in [-0.2, -0.15) is 0 Å². The number of amides is 1. The lowest BCUT2D eigenvalue weighted by atomic mass is 9.93. The second-order valence-corrected chi connectivity index (χ2v) is 8.48. The van der Waals surface area contributed by atoms with Crippen LogP contribution in [0.5, 0.6) is 17.2 Å². The average Bonchev–Trinajstić information content (AvgIpc) is 3.16. The third kappa shape index (κ3) is 5.04. The minimum absolute atomic E-state index is 0.0102. The Balaban J connectivity index is 1.87. The number of aromatic nitrogens is 1. The lowest BCUT2D eigenvalue weighted by Gasteiger charge is -2.26. The maximum Gasteiger partial charge on any atom is 0.295 e. The molecule has 1 fully saturated rings. The molecule has 1 saturated heterocycles. The fourth-order valence-corrected chi connectivity index (χ4v) is 4.39. The zero-order valence-electron chi connectivity index (χ0n) is 20.9. The van der Waals surface area contributed by atoms with Crippen LogP contribution in [0.4, 0.5) is 0 Å². The van der Waals surface area contributed by atoms with E-state index in [2.05, 4.69) is 11.6 Å². The number of hydrogen-bond acceptors (Lipinski definition) is 7. The number of carbonyl (C=O) groups excluding carboxylic acids is 2. The van der Waals surface area contributed by atoms with E-state index in [1.807, 2.05) is 6.07 Å². The highest BCUT2D eigenvalue weighted by molar-refractivity contribution is 6.46. The van der Waals surface area contributed by atoms with Crippen molar-refractivity contribution in [3.05, 3.63) is 101 Å². The second-order valence-electron chi connectivity index (χ2n) is 8.48. The van der Waals surface area contributed by atoms with Gasteiger partial charge in [0.15, 0.2) is 11.5 Å². The highest BCUT2D eigenvalue weighted by Gasteiger charge is 2.46. The predicted octanol–water partition coefficient (Wildman–Crippen LogP) is 4.59. The number of hydrogen-bond donors (Lipinski definition) is 1. The molecule has 1 atom stereocenters. The van der Waals surface area contributed by atoms with Crippen LogP contribution in [0.1, 0.15) is 28.3 Å². The lowest BCUT2D eigenvalue weighted by molar-refractivity contribution is -0.140. The number of aryl methyl sites for hydroxylation is 1. The van der Waals surface area contributed by atoms with Gasteiger partial charge < -0.3 is 24.2 Å². The molecule has 3 aromatic rings. The van der Waals surface area contributed by atoms with Crippen LogP contribution in [0.25, 0.3) is 5.76 Å². The molecule has 0 spiro atoms. The van der Waals surface area contributed by atoms with Crippen LogP contribution in [0.3, 0.4) is 0 Å². The van der Waals surface area contributed by atoms with Gasteiger partial charge in [-0.1, -0.05) is 24.8 Å². The maximum absolute atomic E-state index is 13.4. The van der Waals surface area contributed by atoms with Crippen molar-refractivity contribution in [3.8, 4) is 17.2 Å². The van der Waals surface area contributed by atoms with Crippen LogP contribution in [0.2, 0.25) is 0 Å². The Hall–Kier alpha value is -4.59. The summed E-state index contributed by atoms with van der Waals surface area (Å²) >= 11 is 0. The molecule has 2 heterocycles. The highest BCUT2D eigenvalue weighted by Crippen LogP contribution is 2.43. The topological polar surface area (TPSA) is 98.2 Å².